The van der Waals surface area contributed by atoms with E-state index in [0.717, 1.165) is 31.1 Å². The molecule has 8 heteroatoms. The molecule has 0 aliphatic carbocycles. The van der Waals surface area contributed by atoms with Gasteiger partial charge in [-0.2, -0.15) is 13.2 Å². The number of nitrogens with zero attached hydrogens (tertiary/aromatic N) is 4. The van der Waals surface area contributed by atoms with Crippen molar-refractivity contribution in [2.75, 3.05) is 32.1 Å². The van der Waals surface area contributed by atoms with Gasteiger partial charge in [-0.1, -0.05) is 0 Å². The molecular weight excluding hydrogens is 345 g/mol. The Kier molecular flexibility index (Phi) is 4.79. The van der Waals surface area contributed by atoms with E-state index in [1.807, 2.05) is 13.1 Å². The van der Waals surface area contributed by atoms with Crippen molar-refractivity contribution in [2.45, 2.75) is 25.6 Å². The summed E-state index contributed by atoms with van der Waals surface area (Å²) < 4.78 is 38.3. The van der Waals surface area contributed by atoms with Gasteiger partial charge in [0.15, 0.2) is 5.82 Å². The first-order valence-corrected chi connectivity index (χ1v) is 8.33. The topological polar surface area (TPSA) is 52.5 Å². The molecule has 1 N–H and O–H groups in total. The Bertz CT molecular complexity index is 810. The van der Waals surface area contributed by atoms with Gasteiger partial charge in [-0.3, -0.25) is 0 Å². The quantitative estimate of drug-likeness (QED) is 0.903. The number of phenolic OH excluding ortho intramolecular Hbond substituents is 1. The van der Waals surface area contributed by atoms with Crippen LogP contribution in [-0.4, -0.2) is 53.4 Å². The smallest absolute Gasteiger partial charge is 0.416 e. The summed E-state index contributed by atoms with van der Waals surface area (Å²) in [5, 5.41) is 18.4. The Morgan fingerprint density at radius 3 is 2.50 bits per heavy atom. The third kappa shape index (κ3) is 3.60. The summed E-state index contributed by atoms with van der Waals surface area (Å²) in [5.74, 6) is 0.244. The van der Waals surface area contributed by atoms with E-state index in [-0.39, 0.29) is 5.56 Å². The Hall–Kier alpha value is -2.35. The van der Waals surface area contributed by atoms with Crippen LogP contribution < -0.4 is 4.90 Å². The molecule has 140 valence electrons. The largest absolute Gasteiger partial charge is 0.507 e. The highest BCUT2D eigenvalue weighted by Gasteiger charge is 2.31. The highest BCUT2D eigenvalue weighted by molar-refractivity contribution is 5.70. The summed E-state index contributed by atoms with van der Waals surface area (Å²) >= 11 is 0. The monoisotopic (exact) mass is 366 g/mol. The molecule has 0 bridgehead atoms. The molecule has 1 aromatic heterocycles. The maximum Gasteiger partial charge on any atom is 0.416 e. The van der Waals surface area contributed by atoms with Gasteiger partial charge in [-0.15, -0.1) is 10.2 Å². The van der Waals surface area contributed by atoms with Gasteiger partial charge in [-0.25, -0.2) is 0 Å². The third-order valence-corrected chi connectivity index (χ3v) is 4.83. The molecule has 5 nitrogen and oxygen atoms in total. The number of benzene rings is 1. The van der Waals surface area contributed by atoms with Crippen LogP contribution >= 0.6 is 0 Å². The first-order valence-electron chi connectivity index (χ1n) is 8.33. The van der Waals surface area contributed by atoms with E-state index in [1.54, 1.807) is 6.92 Å². The van der Waals surface area contributed by atoms with E-state index in [2.05, 4.69) is 27.0 Å². The van der Waals surface area contributed by atoms with Crippen molar-refractivity contribution in [3.8, 4) is 17.0 Å². The Morgan fingerprint density at radius 2 is 1.96 bits per heavy atom. The van der Waals surface area contributed by atoms with E-state index >= 15 is 0 Å². The summed E-state index contributed by atoms with van der Waals surface area (Å²) in [4.78, 5) is 4.32. The fourth-order valence-corrected chi connectivity index (χ4v) is 3.23. The summed E-state index contributed by atoms with van der Waals surface area (Å²) in [7, 11) is 4.03. The average molecular weight is 366 g/mol. The lowest BCUT2D eigenvalue weighted by Gasteiger charge is -2.25. The maximum absolute atomic E-state index is 12.8. The lowest BCUT2D eigenvalue weighted by atomic mass is 10.0. The molecule has 1 aliphatic rings. The lowest BCUT2D eigenvalue weighted by Crippen LogP contribution is -2.34. The van der Waals surface area contributed by atoms with Crippen molar-refractivity contribution in [2.24, 2.45) is 0 Å². The Balaban J connectivity index is 1.88. The minimum Gasteiger partial charge on any atom is -0.507 e. The number of aromatic hydroxyl groups is 1. The SMILES string of the molecule is Cc1cc(N(C)[C@@H]2CCN(C)C2)nnc1-c1ccc(C(F)(F)F)cc1O. The summed E-state index contributed by atoms with van der Waals surface area (Å²) in [6.07, 6.45) is -3.47. The van der Waals surface area contributed by atoms with Crippen molar-refractivity contribution < 1.29 is 18.3 Å². The second-order valence-corrected chi connectivity index (χ2v) is 6.78. The summed E-state index contributed by atoms with van der Waals surface area (Å²) in [5.41, 5.74) is 0.448. The number of likely N-dealkylation sites (N-methyl/N-ethyl adjacent to an activating group) is 2. The number of rotatable bonds is 3. The van der Waals surface area contributed by atoms with Crippen LogP contribution in [0.25, 0.3) is 11.3 Å². The molecule has 0 unspecified atom stereocenters. The number of hydrogen-bond acceptors (Lipinski definition) is 5. The van der Waals surface area contributed by atoms with Gasteiger partial charge in [0.2, 0.25) is 0 Å². The molecule has 1 fully saturated rings. The Morgan fingerprint density at radius 1 is 1.23 bits per heavy atom. The number of hydrogen-bond donors (Lipinski definition) is 1. The van der Waals surface area contributed by atoms with Crippen molar-refractivity contribution in [1.82, 2.24) is 15.1 Å². The van der Waals surface area contributed by atoms with Crippen molar-refractivity contribution in [3.63, 3.8) is 0 Å². The van der Waals surface area contributed by atoms with Crippen molar-refractivity contribution in [3.05, 3.63) is 35.4 Å². The number of anilines is 1. The summed E-state index contributed by atoms with van der Waals surface area (Å²) in [6.45, 7) is 3.77. The van der Waals surface area contributed by atoms with E-state index < -0.39 is 17.5 Å². The number of halogens is 3. The molecule has 1 aromatic carbocycles. The molecule has 26 heavy (non-hydrogen) atoms. The fourth-order valence-electron chi connectivity index (χ4n) is 3.23. The maximum atomic E-state index is 12.8. The molecule has 1 atom stereocenters. The Labute approximate surface area is 150 Å². The molecule has 0 saturated carbocycles. The predicted molar refractivity (Wildman–Crippen MR) is 93.2 cm³/mol. The van der Waals surface area contributed by atoms with E-state index in [1.165, 1.54) is 6.07 Å². The predicted octanol–water partition coefficient (Wildman–Crippen LogP) is 3.32. The van der Waals surface area contributed by atoms with Gasteiger partial charge >= 0.3 is 6.18 Å². The minimum atomic E-state index is -4.50. The number of likely N-dealkylation sites (tertiary alicyclic amines) is 1. The van der Waals surface area contributed by atoms with Gasteiger partial charge in [-0.05, 0) is 56.8 Å². The molecule has 0 radical (unpaired) electrons. The molecule has 2 aromatic rings. The zero-order valence-corrected chi connectivity index (χ0v) is 14.9. The number of phenols is 1. The number of alkyl halides is 3. The normalized spacial score (nSPS) is 18.3. The second-order valence-electron chi connectivity index (χ2n) is 6.78. The number of aromatic nitrogens is 2. The second kappa shape index (κ2) is 6.75. The molecule has 0 spiro atoms. The molecule has 3 rings (SSSR count). The first kappa shape index (κ1) is 18.4. The van der Waals surface area contributed by atoms with Crippen LogP contribution in [0.4, 0.5) is 19.0 Å². The van der Waals surface area contributed by atoms with Crippen molar-refractivity contribution >= 4 is 5.82 Å². The van der Waals surface area contributed by atoms with Crippen LogP contribution in [-0.2, 0) is 6.18 Å². The zero-order valence-electron chi connectivity index (χ0n) is 14.9. The van der Waals surface area contributed by atoms with Crippen LogP contribution in [0, 0.1) is 6.92 Å². The fraction of sp³-hybridized carbons (Fsp3) is 0.444. The standard InChI is InChI=1S/C18H21F3N4O/c1-11-8-16(25(3)13-6-7-24(2)10-13)22-23-17(11)14-5-4-12(9-15(14)26)18(19,20)21/h4-5,8-9,13,26H,6-7,10H2,1-3H3/t13-/m1/s1. The molecule has 0 amide bonds. The first-order chi connectivity index (χ1) is 12.2. The molecule has 2 heterocycles. The van der Waals surface area contributed by atoms with Crippen LogP contribution in [0.5, 0.6) is 5.75 Å². The molecule has 1 saturated heterocycles. The zero-order chi connectivity index (χ0) is 19.1. The van der Waals surface area contributed by atoms with Gasteiger partial charge in [0.25, 0.3) is 0 Å². The highest BCUT2D eigenvalue weighted by Crippen LogP contribution is 2.37. The van der Waals surface area contributed by atoms with Crippen molar-refractivity contribution in [1.29, 1.82) is 0 Å². The molecular formula is C18H21F3N4O. The molecule has 1 aliphatic heterocycles. The minimum absolute atomic E-state index is 0.234. The van der Waals surface area contributed by atoms with Crippen LogP contribution in [0.1, 0.15) is 17.5 Å². The van der Waals surface area contributed by atoms with Gasteiger partial charge in [0.05, 0.1) is 11.3 Å². The van der Waals surface area contributed by atoms with Gasteiger partial charge in [0, 0.05) is 25.2 Å². The highest BCUT2D eigenvalue weighted by atomic mass is 19.4. The van der Waals surface area contributed by atoms with E-state index in [9.17, 15) is 18.3 Å². The lowest BCUT2D eigenvalue weighted by molar-refractivity contribution is -0.137. The summed E-state index contributed by atoms with van der Waals surface area (Å²) in [6, 6.07) is 5.07. The third-order valence-electron chi connectivity index (χ3n) is 4.83. The van der Waals surface area contributed by atoms with Crippen LogP contribution in [0.15, 0.2) is 24.3 Å². The average Bonchev–Trinajstić information content (AvgIpc) is 3.00. The van der Waals surface area contributed by atoms with E-state index in [0.29, 0.717) is 23.6 Å². The van der Waals surface area contributed by atoms with Gasteiger partial charge < -0.3 is 14.9 Å². The van der Waals surface area contributed by atoms with Crippen LogP contribution in [0.3, 0.4) is 0 Å². The van der Waals surface area contributed by atoms with Crippen LogP contribution in [0.2, 0.25) is 0 Å². The number of aryl methyl sites for hydroxylation is 1. The van der Waals surface area contributed by atoms with Gasteiger partial charge in [0.1, 0.15) is 5.75 Å². The van der Waals surface area contributed by atoms with E-state index in [4.69, 9.17) is 0 Å².